The van der Waals surface area contributed by atoms with E-state index in [4.69, 9.17) is 4.74 Å². The fraction of sp³-hybridized carbons (Fsp3) is 0.611. The number of nitrogens with one attached hydrogen (secondary N) is 2. The number of aliphatic imine (C=N–C) groups is 1. The number of methoxy groups -OCH3 is 1. The third-order valence-electron chi connectivity index (χ3n) is 4.12. The average Bonchev–Trinajstić information content (AvgIpc) is 2.58. The molecule has 0 bridgehead atoms. The minimum absolute atomic E-state index is 0. The van der Waals surface area contributed by atoms with Crippen LogP contribution in [0.1, 0.15) is 24.9 Å². The van der Waals surface area contributed by atoms with Crippen molar-refractivity contribution in [2.45, 2.75) is 25.4 Å². The van der Waals surface area contributed by atoms with E-state index in [1.807, 2.05) is 33.2 Å². The van der Waals surface area contributed by atoms with Crippen LogP contribution in [0.3, 0.4) is 0 Å². The molecule has 0 amide bonds. The SMILES string of the molecule is CN=C(NCC(c1ccc(OC)cc1)N(C)C)NC(C)CCS(C)(=O)=O.I. The van der Waals surface area contributed by atoms with E-state index in [2.05, 4.69) is 32.7 Å². The van der Waals surface area contributed by atoms with E-state index in [0.717, 1.165) is 5.75 Å². The monoisotopic (exact) mass is 512 g/mol. The van der Waals surface area contributed by atoms with Gasteiger partial charge in [0.2, 0.25) is 0 Å². The van der Waals surface area contributed by atoms with Crippen LogP contribution in [0.5, 0.6) is 5.75 Å². The number of likely N-dealkylation sites (N-methyl/N-ethyl adjacent to an activating group) is 1. The minimum Gasteiger partial charge on any atom is -0.497 e. The van der Waals surface area contributed by atoms with Crippen LogP contribution >= 0.6 is 24.0 Å². The van der Waals surface area contributed by atoms with E-state index < -0.39 is 9.84 Å². The van der Waals surface area contributed by atoms with Crippen LogP contribution in [0.25, 0.3) is 0 Å². The van der Waals surface area contributed by atoms with E-state index in [1.165, 1.54) is 11.8 Å². The van der Waals surface area contributed by atoms with Gasteiger partial charge in [-0.05, 0) is 45.1 Å². The molecular weight excluding hydrogens is 479 g/mol. The van der Waals surface area contributed by atoms with Crippen LogP contribution in [0.4, 0.5) is 0 Å². The highest BCUT2D eigenvalue weighted by Crippen LogP contribution is 2.20. The molecule has 0 spiro atoms. The summed E-state index contributed by atoms with van der Waals surface area (Å²) in [5, 5.41) is 6.56. The molecule has 0 aliphatic rings. The van der Waals surface area contributed by atoms with Gasteiger partial charge in [0.25, 0.3) is 0 Å². The molecule has 0 saturated carbocycles. The summed E-state index contributed by atoms with van der Waals surface area (Å²) >= 11 is 0. The summed E-state index contributed by atoms with van der Waals surface area (Å²) in [6, 6.07) is 8.17. The van der Waals surface area contributed by atoms with Gasteiger partial charge in [0, 0.05) is 25.9 Å². The zero-order valence-corrected chi connectivity index (χ0v) is 20.2. The van der Waals surface area contributed by atoms with Crippen molar-refractivity contribution in [3.8, 4) is 5.75 Å². The van der Waals surface area contributed by atoms with Crippen molar-refractivity contribution in [2.24, 2.45) is 4.99 Å². The first-order valence-electron chi connectivity index (χ1n) is 8.61. The van der Waals surface area contributed by atoms with Gasteiger partial charge < -0.3 is 20.3 Å². The van der Waals surface area contributed by atoms with Gasteiger partial charge in [0.1, 0.15) is 15.6 Å². The summed E-state index contributed by atoms with van der Waals surface area (Å²) in [5.41, 5.74) is 1.17. The van der Waals surface area contributed by atoms with Crippen LogP contribution in [0.2, 0.25) is 0 Å². The summed E-state index contributed by atoms with van der Waals surface area (Å²) in [7, 11) is 4.46. The lowest BCUT2D eigenvalue weighted by Gasteiger charge is -2.27. The molecule has 2 N–H and O–H groups in total. The molecule has 2 unspecified atom stereocenters. The number of halogens is 1. The highest BCUT2D eigenvalue weighted by molar-refractivity contribution is 14.0. The first-order valence-corrected chi connectivity index (χ1v) is 10.7. The van der Waals surface area contributed by atoms with Gasteiger partial charge in [-0.3, -0.25) is 4.99 Å². The first kappa shape index (κ1) is 25.9. The Morgan fingerprint density at radius 3 is 2.30 bits per heavy atom. The molecule has 1 aromatic carbocycles. The normalized spacial score (nSPS) is 14.3. The van der Waals surface area contributed by atoms with Crippen LogP contribution in [0.15, 0.2) is 29.3 Å². The molecule has 9 heteroatoms. The average molecular weight is 512 g/mol. The highest BCUT2D eigenvalue weighted by atomic mass is 127. The van der Waals surface area contributed by atoms with Gasteiger partial charge in [0.15, 0.2) is 5.96 Å². The molecular formula is C18H33IN4O3S. The zero-order chi connectivity index (χ0) is 19.7. The number of ether oxygens (including phenoxy) is 1. The first-order chi connectivity index (χ1) is 12.2. The number of sulfone groups is 1. The molecule has 1 aromatic rings. The second kappa shape index (κ2) is 12.4. The predicted octanol–water partition coefficient (Wildman–Crippen LogP) is 1.90. The van der Waals surface area contributed by atoms with Gasteiger partial charge in [-0.1, -0.05) is 12.1 Å². The van der Waals surface area contributed by atoms with Crippen molar-refractivity contribution >= 4 is 39.8 Å². The van der Waals surface area contributed by atoms with Gasteiger partial charge in [-0.25, -0.2) is 8.42 Å². The topological polar surface area (TPSA) is 83.0 Å². The maximum atomic E-state index is 11.3. The summed E-state index contributed by atoms with van der Waals surface area (Å²) in [6.45, 7) is 2.61. The maximum Gasteiger partial charge on any atom is 0.191 e. The van der Waals surface area contributed by atoms with Gasteiger partial charge >= 0.3 is 0 Å². The Labute approximate surface area is 180 Å². The quantitative estimate of drug-likeness (QED) is 0.299. The summed E-state index contributed by atoms with van der Waals surface area (Å²) < 4.78 is 27.8. The lowest BCUT2D eigenvalue weighted by atomic mass is 10.1. The second-order valence-corrected chi connectivity index (χ2v) is 8.93. The number of hydrogen-bond acceptors (Lipinski definition) is 5. The molecule has 0 aromatic heterocycles. The molecule has 2 atom stereocenters. The molecule has 7 nitrogen and oxygen atoms in total. The Hall–Kier alpha value is -1.07. The number of rotatable bonds is 9. The van der Waals surface area contributed by atoms with E-state index in [9.17, 15) is 8.42 Å². The Kier molecular flexibility index (Phi) is 11.9. The highest BCUT2D eigenvalue weighted by Gasteiger charge is 2.16. The summed E-state index contributed by atoms with van der Waals surface area (Å²) in [6.07, 6.45) is 1.79. The molecule has 1 rings (SSSR count). The predicted molar refractivity (Wildman–Crippen MR) is 123 cm³/mol. The maximum absolute atomic E-state index is 11.3. The van der Waals surface area contributed by atoms with Gasteiger partial charge in [0.05, 0.1) is 18.9 Å². The Morgan fingerprint density at radius 1 is 1.26 bits per heavy atom. The van der Waals surface area contributed by atoms with Crippen LogP contribution in [-0.2, 0) is 9.84 Å². The van der Waals surface area contributed by atoms with Crippen LogP contribution in [-0.4, -0.2) is 72.1 Å². The standard InChI is InChI=1S/C18H32N4O3S.HI/c1-14(11-12-26(6,23)24)21-18(19-2)20-13-17(22(3)4)15-7-9-16(25-5)10-8-15;/h7-10,14,17H,11-13H2,1-6H3,(H2,19,20,21);1H. The molecule has 27 heavy (non-hydrogen) atoms. The van der Waals surface area contributed by atoms with Crippen molar-refractivity contribution in [1.82, 2.24) is 15.5 Å². The number of guanidine groups is 1. The van der Waals surface area contributed by atoms with Crippen molar-refractivity contribution < 1.29 is 13.2 Å². The Morgan fingerprint density at radius 2 is 1.85 bits per heavy atom. The fourth-order valence-electron chi connectivity index (χ4n) is 2.51. The number of benzene rings is 1. The zero-order valence-electron chi connectivity index (χ0n) is 17.0. The molecule has 0 heterocycles. The number of hydrogen-bond donors (Lipinski definition) is 2. The Bertz CT molecular complexity index is 678. The van der Waals surface area contributed by atoms with Crippen molar-refractivity contribution in [2.75, 3.05) is 46.8 Å². The minimum atomic E-state index is -2.96. The Balaban J connectivity index is 0.00000676. The summed E-state index contributed by atoms with van der Waals surface area (Å²) in [5.74, 6) is 1.65. The van der Waals surface area contributed by atoms with Crippen molar-refractivity contribution in [3.63, 3.8) is 0 Å². The number of nitrogens with zero attached hydrogens (tertiary/aromatic N) is 2. The molecule has 0 fully saturated rings. The lowest BCUT2D eigenvalue weighted by molar-refractivity contribution is 0.297. The largest absolute Gasteiger partial charge is 0.497 e. The molecule has 0 saturated heterocycles. The molecule has 0 aliphatic carbocycles. The third kappa shape index (κ3) is 10.2. The van der Waals surface area contributed by atoms with E-state index >= 15 is 0 Å². The van der Waals surface area contributed by atoms with E-state index in [-0.39, 0.29) is 41.8 Å². The molecule has 156 valence electrons. The molecule has 0 radical (unpaired) electrons. The third-order valence-corrected chi connectivity index (χ3v) is 5.09. The summed E-state index contributed by atoms with van der Waals surface area (Å²) in [4.78, 5) is 6.37. The smallest absolute Gasteiger partial charge is 0.191 e. The fourth-order valence-corrected chi connectivity index (χ4v) is 3.29. The van der Waals surface area contributed by atoms with E-state index in [0.29, 0.717) is 18.9 Å². The van der Waals surface area contributed by atoms with Crippen molar-refractivity contribution in [3.05, 3.63) is 29.8 Å². The van der Waals surface area contributed by atoms with Gasteiger partial charge in [-0.15, -0.1) is 24.0 Å². The lowest BCUT2D eigenvalue weighted by Crippen LogP contribution is -2.45. The van der Waals surface area contributed by atoms with Crippen LogP contribution < -0.4 is 15.4 Å². The van der Waals surface area contributed by atoms with Crippen molar-refractivity contribution in [1.29, 1.82) is 0 Å². The molecule has 0 aliphatic heterocycles. The van der Waals surface area contributed by atoms with E-state index in [1.54, 1.807) is 14.2 Å². The second-order valence-electron chi connectivity index (χ2n) is 6.67. The van der Waals surface area contributed by atoms with Gasteiger partial charge in [-0.2, -0.15) is 0 Å². The van der Waals surface area contributed by atoms with Crippen LogP contribution in [0, 0.1) is 0 Å².